The molecule has 1 heterocycles. The number of ether oxygens (including phenoxy) is 1. The molecule has 0 bridgehead atoms. The molecule has 0 amide bonds. The lowest BCUT2D eigenvalue weighted by atomic mass is 10.6. The molecule has 0 unspecified atom stereocenters. The summed E-state index contributed by atoms with van der Waals surface area (Å²) in [6, 6.07) is 0. The molecule has 0 aliphatic heterocycles. The van der Waals surface area contributed by atoms with Crippen LogP contribution in [0.4, 0.5) is 0 Å². The van der Waals surface area contributed by atoms with Crippen molar-refractivity contribution in [2.75, 3.05) is 13.4 Å². The van der Waals surface area contributed by atoms with Gasteiger partial charge in [-0.2, -0.15) is 0 Å². The molecule has 0 radical (unpaired) electrons. The van der Waals surface area contributed by atoms with Gasteiger partial charge in [-0.15, -0.1) is 11.8 Å². The molecular formula is C6H8N2OS. The van der Waals surface area contributed by atoms with Gasteiger partial charge in [0.05, 0.1) is 13.3 Å². The largest absolute Gasteiger partial charge is 0.492 e. The zero-order valence-corrected chi connectivity index (χ0v) is 6.68. The highest BCUT2D eigenvalue weighted by Crippen LogP contribution is 2.22. The van der Waals surface area contributed by atoms with Crippen molar-refractivity contribution >= 4 is 11.8 Å². The molecule has 1 rings (SSSR count). The van der Waals surface area contributed by atoms with E-state index < -0.39 is 0 Å². The molecule has 0 N–H and O–H groups in total. The smallest absolute Gasteiger partial charge is 0.169 e. The first-order valence-electron chi connectivity index (χ1n) is 2.76. The van der Waals surface area contributed by atoms with E-state index in [9.17, 15) is 0 Å². The maximum absolute atomic E-state index is 4.99. The van der Waals surface area contributed by atoms with E-state index in [1.165, 1.54) is 6.33 Å². The molecule has 54 valence electrons. The number of aromatic nitrogens is 2. The van der Waals surface area contributed by atoms with Gasteiger partial charge in [0, 0.05) is 0 Å². The molecule has 0 aliphatic rings. The zero-order valence-electron chi connectivity index (χ0n) is 5.87. The molecule has 0 saturated heterocycles. The van der Waals surface area contributed by atoms with E-state index in [-0.39, 0.29) is 0 Å². The number of methoxy groups -OCH3 is 1. The lowest BCUT2D eigenvalue weighted by molar-refractivity contribution is 0.398. The van der Waals surface area contributed by atoms with Crippen LogP contribution in [0.25, 0.3) is 0 Å². The topological polar surface area (TPSA) is 35.0 Å². The predicted molar refractivity (Wildman–Crippen MR) is 40.4 cm³/mol. The Morgan fingerprint density at radius 2 is 2.40 bits per heavy atom. The Kier molecular flexibility index (Phi) is 2.50. The Hall–Kier alpha value is -0.770. The summed E-state index contributed by atoms with van der Waals surface area (Å²) in [6.07, 6.45) is 5.11. The van der Waals surface area contributed by atoms with Crippen LogP contribution in [-0.2, 0) is 0 Å². The zero-order chi connectivity index (χ0) is 7.40. The van der Waals surface area contributed by atoms with Gasteiger partial charge in [0.15, 0.2) is 5.75 Å². The van der Waals surface area contributed by atoms with Crippen LogP contribution in [0.2, 0.25) is 0 Å². The van der Waals surface area contributed by atoms with Crippen LogP contribution in [-0.4, -0.2) is 23.3 Å². The lowest BCUT2D eigenvalue weighted by Gasteiger charge is -2.01. The molecule has 0 aliphatic carbocycles. The van der Waals surface area contributed by atoms with Crippen LogP contribution in [0.15, 0.2) is 17.6 Å². The molecule has 1 aromatic heterocycles. The Morgan fingerprint density at radius 3 is 2.90 bits per heavy atom. The second-order valence-electron chi connectivity index (χ2n) is 1.60. The first-order valence-corrected chi connectivity index (χ1v) is 3.99. The first kappa shape index (κ1) is 7.34. The molecular weight excluding hydrogens is 148 g/mol. The van der Waals surface area contributed by atoms with Gasteiger partial charge in [-0.05, 0) is 6.26 Å². The molecule has 1 aromatic rings. The molecule has 0 aromatic carbocycles. The van der Waals surface area contributed by atoms with E-state index in [0.29, 0.717) is 0 Å². The van der Waals surface area contributed by atoms with Crippen LogP contribution in [0, 0.1) is 0 Å². The van der Waals surface area contributed by atoms with Gasteiger partial charge in [-0.3, -0.25) is 0 Å². The van der Waals surface area contributed by atoms with Crippen LogP contribution in [0.5, 0.6) is 5.75 Å². The Morgan fingerprint density at radius 1 is 1.60 bits per heavy atom. The van der Waals surface area contributed by atoms with Gasteiger partial charge >= 0.3 is 0 Å². The highest BCUT2D eigenvalue weighted by atomic mass is 32.2. The number of thioether (sulfide) groups is 1. The van der Waals surface area contributed by atoms with Crippen molar-refractivity contribution in [3.05, 3.63) is 12.5 Å². The fourth-order valence-electron chi connectivity index (χ4n) is 0.599. The van der Waals surface area contributed by atoms with Gasteiger partial charge in [-0.1, -0.05) is 0 Å². The summed E-state index contributed by atoms with van der Waals surface area (Å²) in [4.78, 5) is 7.81. The fourth-order valence-corrected chi connectivity index (χ4v) is 1.09. The average Bonchev–Trinajstić information content (AvgIpc) is 2.04. The van der Waals surface area contributed by atoms with Crippen LogP contribution >= 0.6 is 11.8 Å². The minimum absolute atomic E-state index is 0.731. The number of nitrogens with zero attached hydrogens (tertiary/aromatic N) is 2. The van der Waals surface area contributed by atoms with E-state index in [2.05, 4.69) is 9.97 Å². The maximum atomic E-state index is 4.99. The highest BCUT2D eigenvalue weighted by Gasteiger charge is 1.99. The molecule has 0 atom stereocenters. The van der Waals surface area contributed by atoms with Gasteiger partial charge < -0.3 is 4.74 Å². The lowest BCUT2D eigenvalue weighted by Crippen LogP contribution is -1.89. The molecule has 4 heteroatoms. The minimum Gasteiger partial charge on any atom is -0.492 e. The van der Waals surface area contributed by atoms with E-state index in [0.717, 1.165) is 10.8 Å². The molecule has 0 fully saturated rings. The summed E-state index contributed by atoms with van der Waals surface area (Å²) in [6.45, 7) is 0. The van der Waals surface area contributed by atoms with E-state index in [1.807, 2.05) is 6.26 Å². The van der Waals surface area contributed by atoms with Crippen LogP contribution < -0.4 is 4.74 Å². The van der Waals surface area contributed by atoms with Crippen molar-refractivity contribution < 1.29 is 4.74 Å². The van der Waals surface area contributed by atoms with E-state index in [4.69, 9.17) is 4.74 Å². The second kappa shape index (κ2) is 3.41. The first-order chi connectivity index (χ1) is 4.88. The van der Waals surface area contributed by atoms with Gasteiger partial charge in [0.25, 0.3) is 0 Å². The summed E-state index contributed by atoms with van der Waals surface area (Å²) in [7, 11) is 1.61. The second-order valence-corrected chi connectivity index (χ2v) is 2.40. The van der Waals surface area contributed by atoms with Crippen molar-refractivity contribution in [2.24, 2.45) is 0 Å². The third-order valence-corrected chi connectivity index (χ3v) is 1.75. The van der Waals surface area contributed by atoms with Crippen molar-refractivity contribution in [3.8, 4) is 5.75 Å². The minimum atomic E-state index is 0.731. The fraction of sp³-hybridized carbons (Fsp3) is 0.333. The van der Waals surface area contributed by atoms with Gasteiger partial charge in [0.2, 0.25) is 0 Å². The molecule has 3 nitrogen and oxygen atoms in total. The quantitative estimate of drug-likeness (QED) is 0.476. The molecule has 0 saturated carbocycles. The summed E-state index contributed by atoms with van der Waals surface area (Å²) in [5.74, 6) is 0.731. The van der Waals surface area contributed by atoms with Gasteiger partial charge in [0.1, 0.15) is 11.4 Å². The summed E-state index contributed by atoms with van der Waals surface area (Å²) in [5.41, 5.74) is 0. The highest BCUT2D eigenvalue weighted by molar-refractivity contribution is 7.98. The summed E-state index contributed by atoms with van der Waals surface area (Å²) >= 11 is 1.54. The van der Waals surface area contributed by atoms with E-state index >= 15 is 0 Å². The summed E-state index contributed by atoms with van der Waals surface area (Å²) in [5, 5.41) is 0.873. The van der Waals surface area contributed by atoms with Crippen molar-refractivity contribution in [3.63, 3.8) is 0 Å². The van der Waals surface area contributed by atoms with E-state index in [1.54, 1.807) is 25.1 Å². The maximum Gasteiger partial charge on any atom is 0.169 e. The number of rotatable bonds is 2. The van der Waals surface area contributed by atoms with Gasteiger partial charge in [-0.25, -0.2) is 9.97 Å². The number of hydrogen-bond donors (Lipinski definition) is 0. The average molecular weight is 156 g/mol. The third-order valence-electron chi connectivity index (χ3n) is 1.06. The van der Waals surface area contributed by atoms with Crippen LogP contribution in [0.3, 0.4) is 0 Å². The van der Waals surface area contributed by atoms with Crippen LogP contribution in [0.1, 0.15) is 0 Å². The Balaban J connectivity index is 2.96. The third kappa shape index (κ3) is 1.39. The molecule has 10 heavy (non-hydrogen) atoms. The van der Waals surface area contributed by atoms with Crippen molar-refractivity contribution in [1.82, 2.24) is 9.97 Å². The van der Waals surface area contributed by atoms with Crippen molar-refractivity contribution in [2.45, 2.75) is 5.03 Å². The Bertz CT molecular complexity index is 194. The SMILES string of the molecule is COc1cncnc1SC. The normalized spacial score (nSPS) is 9.40. The number of hydrogen-bond acceptors (Lipinski definition) is 4. The Labute approximate surface area is 63.8 Å². The predicted octanol–water partition coefficient (Wildman–Crippen LogP) is 1.21. The summed E-state index contributed by atoms with van der Waals surface area (Å²) < 4.78 is 4.99. The van der Waals surface area contributed by atoms with Crippen molar-refractivity contribution in [1.29, 1.82) is 0 Å². The standard InChI is InChI=1S/C6H8N2OS/c1-9-5-3-7-4-8-6(5)10-2/h3-4H,1-2H3. The molecule has 0 spiro atoms. The monoisotopic (exact) mass is 156 g/mol.